The molecule has 134 valence electrons. The molecular weight excluding hydrogens is 352 g/mol. The Morgan fingerprint density at radius 1 is 1.12 bits per heavy atom. The first-order chi connectivity index (χ1) is 11.2. The lowest BCUT2D eigenvalue weighted by Crippen LogP contribution is -2.49. The van der Waals surface area contributed by atoms with Gasteiger partial charge in [0.05, 0.1) is 5.69 Å². The molecule has 24 heavy (non-hydrogen) atoms. The lowest BCUT2D eigenvalue weighted by Gasteiger charge is -2.39. The maximum atomic E-state index is 12.1. The van der Waals surface area contributed by atoms with E-state index < -0.39 is 11.3 Å². The fourth-order valence-electron chi connectivity index (χ4n) is 2.78. The van der Waals surface area contributed by atoms with Gasteiger partial charge in [0.15, 0.2) is 0 Å². The number of para-hydroxylation sites is 1. The molecule has 1 amide bonds. The number of halogens is 1. The molecule has 1 unspecified atom stereocenters. The van der Waals surface area contributed by atoms with Gasteiger partial charge in [0, 0.05) is 24.7 Å². The van der Waals surface area contributed by atoms with Gasteiger partial charge < -0.3 is 4.74 Å². The van der Waals surface area contributed by atoms with Gasteiger partial charge >= 0.3 is 6.09 Å². The van der Waals surface area contributed by atoms with Gasteiger partial charge in [-0.15, -0.1) is 12.4 Å². The van der Waals surface area contributed by atoms with E-state index in [9.17, 15) is 9.00 Å². The van der Waals surface area contributed by atoms with Crippen LogP contribution in [0.25, 0.3) is 0 Å². The number of cyclic esters (lactones) is 1. The van der Waals surface area contributed by atoms with Crippen molar-refractivity contribution in [1.82, 2.24) is 4.31 Å². The summed E-state index contributed by atoms with van der Waals surface area (Å²) in [4.78, 5) is 13.7. The molecule has 1 aromatic carbocycles. The highest BCUT2D eigenvalue weighted by atomic mass is 35.5. The van der Waals surface area contributed by atoms with Crippen molar-refractivity contribution < 1.29 is 18.3 Å². The summed E-state index contributed by atoms with van der Waals surface area (Å²) < 4.78 is 26.8. The molecule has 4 rings (SSSR count). The van der Waals surface area contributed by atoms with E-state index in [0.717, 1.165) is 11.3 Å². The van der Waals surface area contributed by atoms with Gasteiger partial charge in [-0.1, -0.05) is 37.5 Å². The Labute approximate surface area is 151 Å². The number of carbonyl (C=O) groups excluding carboxylic acids is 1. The van der Waals surface area contributed by atoms with Crippen LogP contribution >= 0.6 is 12.4 Å². The normalized spacial score (nSPS) is 21.5. The van der Waals surface area contributed by atoms with Crippen LogP contribution in [0.5, 0.6) is 0 Å². The largest absolute Gasteiger partial charge is 0.444 e. The smallest absolute Gasteiger partial charge is 0.414 e. The number of benzene rings is 1. The molecule has 1 aliphatic carbocycles. The highest BCUT2D eigenvalue weighted by molar-refractivity contribution is 7.76. The van der Waals surface area contributed by atoms with E-state index in [2.05, 4.69) is 0 Å². The third-order valence-electron chi connectivity index (χ3n) is 4.16. The van der Waals surface area contributed by atoms with Crippen molar-refractivity contribution in [3.05, 3.63) is 29.8 Å². The lowest BCUT2D eigenvalue weighted by molar-refractivity contribution is 0.135. The molecular formula is C16H23ClN2O4S. The molecule has 8 heteroatoms. The van der Waals surface area contributed by atoms with Crippen molar-refractivity contribution in [3.8, 4) is 0 Å². The fraction of sp³-hybridized carbons (Fsp3) is 0.562. The molecule has 2 fully saturated rings. The summed E-state index contributed by atoms with van der Waals surface area (Å²) in [7, 11) is 0. The minimum absolute atomic E-state index is 0. The number of carbonyl (C=O) groups is 1. The van der Waals surface area contributed by atoms with E-state index in [4.69, 9.17) is 9.29 Å². The second-order valence-electron chi connectivity index (χ2n) is 6.00. The monoisotopic (exact) mass is 374 g/mol. The van der Waals surface area contributed by atoms with E-state index >= 15 is 0 Å². The van der Waals surface area contributed by atoms with Crippen molar-refractivity contribution in [1.29, 1.82) is 0 Å². The molecule has 2 aliphatic heterocycles. The highest BCUT2D eigenvalue weighted by Gasteiger charge is 2.34. The number of amides is 1. The summed E-state index contributed by atoms with van der Waals surface area (Å²) >= 11 is -1.93. The SMILES string of the molecule is C1CC1.Cl.O=C1OCc2ccccc2N1C1CCN(S(=O)O)CC1. The lowest BCUT2D eigenvalue weighted by atomic mass is 10.0. The number of piperidine rings is 1. The molecule has 1 N–H and O–H groups in total. The zero-order valence-corrected chi connectivity index (χ0v) is 15.1. The van der Waals surface area contributed by atoms with Crippen LogP contribution in [0.1, 0.15) is 37.7 Å². The van der Waals surface area contributed by atoms with E-state index in [-0.39, 0.29) is 24.5 Å². The van der Waals surface area contributed by atoms with Crippen molar-refractivity contribution in [2.24, 2.45) is 0 Å². The van der Waals surface area contributed by atoms with Gasteiger partial charge in [0.2, 0.25) is 11.3 Å². The van der Waals surface area contributed by atoms with Crippen molar-refractivity contribution in [2.45, 2.75) is 44.8 Å². The molecule has 1 atom stereocenters. The third-order valence-corrected chi connectivity index (χ3v) is 4.97. The van der Waals surface area contributed by atoms with Gasteiger partial charge in [0.1, 0.15) is 6.61 Å². The van der Waals surface area contributed by atoms with E-state index in [1.807, 2.05) is 24.3 Å². The van der Waals surface area contributed by atoms with E-state index in [0.29, 0.717) is 32.5 Å². The Morgan fingerprint density at radius 3 is 2.33 bits per heavy atom. The number of ether oxygens (including phenoxy) is 1. The summed E-state index contributed by atoms with van der Waals surface area (Å²) in [5, 5.41) is 0. The van der Waals surface area contributed by atoms with Crippen LogP contribution in [-0.2, 0) is 22.6 Å². The summed E-state index contributed by atoms with van der Waals surface area (Å²) in [5.74, 6) is 0. The molecule has 1 saturated carbocycles. The van der Waals surface area contributed by atoms with Crippen LogP contribution in [0, 0.1) is 0 Å². The second kappa shape index (κ2) is 8.80. The quantitative estimate of drug-likeness (QED) is 0.806. The first kappa shape index (κ1) is 19.2. The van der Waals surface area contributed by atoms with Crippen LogP contribution in [0.3, 0.4) is 0 Å². The first-order valence-corrected chi connectivity index (χ1v) is 9.13. The molecule has 0 spiro atoms. The predicted molar refractivity (Wildman–Crippen MR) is 95.6 cm³/mol. The minimum atomic E-state index is -1.93. The standard InChI is InChI=1S/C13H16N2O4S.C3H6.ClH/c16-13-15(11-5-7-14(8-6-11)20(17)18)12-4-2-1-3-10(12)9-19-13;1-2-3-1;/h1-4,11H,5-9H2,(H,17,18);1-3H2;1H. The van der Waals surface area contributed by atoms with Crippen LogP contribution in [0.15, 0.2) is 24.3 Å². The topological polar surface area (TPSA) is 70.1 Å². The second-order valence-corrected chi connectivity index (χ2v) is 6.98. The Bertz CT molecular complexity index is 588. The summed E-state index contributed by atoms with van der Waals surface area (Å²) in [6.45, 7) is 1.31. The van der Waals surface area contributed by atoms with Gasteiger partial charge in [-0.3, -0.25) is 9.45 Å². The zero-order chi connectivity index (χ0) is 16.2. The molecule has 0 radical (unpaired) electrons. The molecule has 0 bridgehead atoms. The van der Waals surface area contributed by atoms with Crippen LogP contribution in [-0.4, -0.2) is 38.3 Å². The van der Waals surface area contributed by atoms with Gasteiger partial charge in [0.25, 0.3) is 0 Å². The van der Waals surface area contributed by atoms with Crippen LogP contribution in [0.4, 0.5) is 10.5 Å². The fourth-order valence-corrected chi connectivity index (χ4v) is 3.30. The minimum Gasteiger partial charge on any atom is -0.444 e. The average molecular weight is 375 g/mol. The summed E-state index contributed by atoms with van der Waals surface area (Å²) in [6, 6.07) is 7.72. The maximum Gasteiger partial charge on any atom is 0.414 e. The molecule has 3 aliphatic rings. The van der Waals surface area contributed by atoms with Crippen LogP contribution < -0.4 is 4.90 Å². The number of nitrogens with zero attached hydrogens (tertiary/aromatic N) is 2. The third kappa shape index (κ3) is 4.69. The highest BCUT2D eigenvalue weighted by Crippen LogP contribution is 2.31. The number of anilines is 1. The Hall–Kier alpha value is -1.15. The molecule has 2 heterocycles. The summed E-state index contributed by atoms with van der Waals surface area (Å²) in [5.41, 5.74) is 1.90. The van der Waals surface area contributed by atoms with Gasteiger partial charge in [-0.05, 0) is 18.9 Å². The molecule has 6 nitrogen and oxygen atoms in total. The molecule has 0 aromatic heterocycles. The average Bonchev–Trinajstić information content (AvgIpc) is 3.44. The van der Waals surface area contributed by atoms with Crippen molar-refractivity contribution in [3.63, 3.8) is 0 Å². The molecule has 1 aromatic rings. The Kier molecular flexibility index (Phi) is 7.03. The van der Waals surface area contributed by atoms with Gasteiger partial charge in [-0.2, -0.15) is 0 Å². The summed E-state index contributed by atoms with van der Waals surface area (Å²) in [6.07, 6.45) is 5.50. The van der Waals surface area contributed by atoms with Crippen LogP contribution in [0.2, 0.25) is 0 Å². The Balaban J connectivity index is 0.000000470. The number of rotatable bonds is 2. The molecule has 1 saturated heterocycles. The van der Waals surface area contributed by atoms with E-state index in [1.54, 1.807) is 4.90 Å². The predicted octanol–water partition coefficient (Wildman–Crippen LogP) is 3.34. The van der Waals surface area contributed by atoms with Crippen molar-refractivity contribution in [2.75, 3.05) is 18.0 Å². The van der Waals surface area contributed by atoms with E-state index in [1.165, 1.54) is 23.6 Å². The zero-order valence-electron chi connectivity index (χ0n) is 13.4. The maximum absolute atomic E-state index is 12.1. The van der Waals surface area contributed by atoms with Crippen molar-refractivity contribution >= 4 is 35.5 Å². The number of hydrogen-bond donors (Lipinski definition) is 1. The van der Waals surface area contributed by atoms with Gasteiger partial charge in [-0.25, -0.2) is 13.3 Å². The first-order valence-electron chi connectivity index (χ1n) is 8.06. The number of fused-ring (bicyclic) bond motifs is 1. The number of hydrogen-bond acceptors (Lipinski definition) is 3. The Morgan fingerprint density at radius 2 is 1.75 bits per heavy atom.